The summed E-state index contributed by atoms with van der Waals surface area (Å²) in [5, 5.41) is 5.46. The molecule has 2 heterocycles. The maximum absolute atomic E-state index is 13.4. The largest absolute Gasteiger partial charge is 0.289 e. The lowest BCUT2D eigenvalue weighted by Gasteiger charge is -2.22. The van der Waals surface area contributed by atoms with Gasteiger partial charge in [0, 0.05) is 34.4 Å². The summed E-state index contributed by atoms with van der Waals surface area (Å²) in [7, 11) is 0. The molecule has 30 heavy (non-hydrogen) atoms. The van der Waals surface area contributed by atoms with Crippen LogP contribution in [0.5, 0.6) is 0 Å². The highest BCUT2D eigenvalue weighted by Crippen LogP contribution is 2.37. The molecule has 0 spiro atoms. The van der Waals surface area contributed by atoms with Crippen molar-refractivity contribution in [3.05, 3.63) is 82.0 Å². The molecule has 8 nitrogen and oxygen atoms in total. The van der Waals surface area contributed by atoms with Crippen LogP contribution in [-0.2, 0) is 19.2 Å². The fourth-order valence-electron chi connectivity index (χ4n) is 3.82. The Bertz CT molecular complexity index is 1290. The van der Waals surface area contributed by atoms with Gasteiger partial charge < -0.3 is 0 Å². The average Bonchev–Trinajstić information content (AvgIpc) is 3.22. The first-order valence-electron chi connectivity index (χ1n) is 8.86. The molecule has 0 saturated heterocycles. The van der Waals surface area contributed by atoms with Crippen LogP contribution in [0.2, 0.25) is 0 Å². The van der Waals surface area contributed by atoms with E-state index in [1.807, 2.05) is 10.6 Å². The van der Waals surface area contributed by atoms with Crippen molar-refractivity contribution in [2.24, 2.45) is 0 Å². The van der Waals surface area contributed by atoms with Crippen LogP contribution in [0.3, 0.4) is 0 Å². The molecule has 2 aromatic carbocycles. The SMILES string of the molecule is O=C1C=C(C2=C(C3=CC(=O)NC3=O)C(=O)c3cc4ccccc4cc3C2=O)C(=O)N1. The van der Waals surface area contributed by atoms with E-state index in [1.54, 1.807) is 24.3 Å². The van der Waals surface area contributed by atoms with E-state index in [2.05, 4.69) is 0 Å². The number of rotatable bonds is 2. The molecule has 0 atom stereocenters. The molecule has 4 amide bonds. The van der Waals surface area contributed by atoms with Crippen molar-refractivity contribution in [2.45, 2.75) is 0 Å². The van der Waals surface area contributed by atoms with Crippen LogP contribution in [-0.4, -0.2) is 35.2 Å². The number of amides is 4. The standard InChI is InChI=1S/C22H10N2O6/c25-15-7-13(21(29)23-15)17-18(14-8-16(26)24-22(14)30)20(28)12-6-10-4-2-1-3-9(10)5-11(12)19(17)27/h1-8H,(H,23,25,29)(H,24,26,30). The maximum atomic E-state index is 13.4. The molecule has 3 aliphatic rings. The molecule has 8 heteroatoms. The summed E-state index contributed by atoms with van der Waals surface area (Å²) in [5.74, 6) is -4.57. The lowest BCUT2D eigenvalue weighted by molar-refractivity contribution is -0.125. The average molecular weight is 398 g/mol. The summed E-state index contributed by atoms with van der Waals surface area (Å²) in [6, 6.07) is 10.1. The maximum Gasteiger partial charge on any atom is 0.259 e. The van der Waals surface area contributed by atoms with Crippen molar-refractivity contribution in [3.63, 3.8) is 0 Å². The van der Waals surface area contributed by atoms with Crippen molar-refractivity contribution in [2.75, 3.05) is 0 Å². The highest BCUT2D eigenvalue weighted by molar-refractivity contribution is 6.38. The molecule has 144 valence electrons. The van der Waals surface area contributed by atoms with Gasteiger partial charge >= 0.3 is 0 Å². The molecule has 0 bridgehead atoms. The second-order valence-electron chi connectivity index (χ2n) is 6.91. The quantitative estimate of drug-likeness (QED) is 0.717. The predicted octanol–water partition coefficient (Wildman–Crippen LogP) is 0.681. The van der Waals surface area contributed by atoms with Gasteiger partial charge in [0.25, 0.3) is 23.6 Å². The summed E-state index contributed by atoms with van der Waals surface area (Å²) in [6.07, 6.45) is 1.81. The molecule has 0 saturated carbocycles. The summed E-state index contributed by atoms with van der Waals surface area (Å²) < 4.78 is 0. The number of imide groups is 2. The van der Waals surface area contributed by atoms with Crippen LogP contribution in [0.15, 0.2) is 70.8 Å². The van der Waals surface area contributed by atoms with Gasteiger partial charge in [0.05, 0.1) is 11.1 Å². The molecule has 0 fully saturated rings. The Hall–Kier alpha value is -4.46. The number of hydrogen-bond donors (Lipinski definition) is 2. The van der Waals surface area contributed by atoms with Crippen molar-refractivity contribution in [1.82, 2.24) is 10.6 Å². The van der Waals surface area contributed by atoms with Crippen LogP contribution in [0.4, 0.5) is 0 Å². The first-order chi connectivity index (χ1) is 14.3. The number of carbonyl (C=O) groups is 6. The fraction of sp³-hybridized carbons (Fsp3) is 0. The second kappa shape index (κ2) is 6.02. The Balaban J connectivity index is 1.84. The van der Waals surface area contributed by atoms with Crippen molar-refractivity contribution >= 4 is 46.0 Å². The van der Waals surface area contributed by atoms with Crippen molar-refractivity contribution < 1.29 is 28.8 Å². The zero-order chi connectivity index (χ0) is 21.2. The number of fused-ring (bicyclic) bond motifs is 2. The topological polar surface area (TPSA) is 126 Å². The van der Waals surface area contributed by atoms with Crippen LogP contribution in [0.1, 0.15) is 20.7 Å². The normalized spacial score (nSPS) is 18.5. The van der Waals surface area contributed by atoms with Gasteiger partial charge in [-0.1, -0.05) is 24.3 Å². The van der Waals surface area contributed by atoms with Crippen LogP contribution >= 0.6 is 0 Å². The first-order valence-corrected chi connectivity index (χ1v) is 8.86. The minimum absolute atomic E-state index is 0.0517. The van der Waals surface area contributed by atoms with Gasteiger partial charge in [-0.25, -0.2) is 0 Å². The smallest absolute Gasteiger partial charge is 0.259 e. The Morgan fingerprint density at radius 3 is 1.30 bits per heavy atom. The summed E-state index contributed by atoms with van der Waals surface area (Å²) >= 11 is 0. The summed E-state index contributed by atoms with van der Waals surface area (Å²) in [4.78, 5) is 74.8. The molecule has 1 aliphatic carbocycles. The molecule has 2 N–H and O–H groups in total. The third-order valence-electron chi connectivity index (χ3n) is 5.13. The number of ketones is 2. The van der Waals surface area contributed by atoms with E-state index in [0.29, 0.717) is 10.8 Å². The fourth-order valence-corrected chi connectivity index (χ4v) is 3.82. The zero-order valence-corrected chi connectivity index (χ0v) is 15.1. The van der Waals surface area contributed by atoms with Crippen LogP contribution in [0, 0.1) is 0 Å². The van der Waals surface area contributed by atoms with Gasteiger partial charge in [0.1, 0.15) is 0 Å². The van der Waals surface area contributed by atoms with Crippen LogP contribution < -0.4 is 10.6 Å². The second-order valence-corrected chi connectivity index (χ2v) is 6.91. The van der Waals surface area contributed by atoms with Gasteiger partial charge in [0.15, 0.2) is 11.6 Å². The van der Waals surface area contributed by atoms with Gasteiger partial charge in [-0.3, -0.25) is 39.4 Å². The van der Waals surface area contributed by atoms with Gasteiger partial charge in [-0.05, 0) is 22.9 Å². The number of Topliss-reactive ketones (excluding diaryl/α,β-unsaturated/α-hetero) is 2. The molecule has 2 aliphatic heterocycles. The van der Waals surface area contributed by atoms with Gasteiger partial charge in [0.2, 0.25) is 0 Å². The Kier molecular flexibility index (Phi) is 3.54. The van der Waals surface area contributed by atoms with E-state index < -0.39 is 35.2 Å². The Morgan fingerprint density at radius 1 is 0.567 bits per heavy atom. The molecule has 5 rings (SSSR count). The highest BCUT2D eigenvalue weighted by Gasteiger charge is 2.42. The van der Waals surface area contributed by atoms with Gasteiger partial charge in [-0.2, -0.15) is 0 Å². The highest BCUT2D eigenvalue weighted by atomic mass is 16.2. The lowest BCUT2D eigenvalue weighted by Crippen LogP contribution is -2.30. The number of carbonyl (C=O) groups excluding carboxylic acids is 6. The number of nitrogens with one attached hydrogen (secondary N) is 2. The van der Waals surface area contributed by atoms with E-state index >= 15 is 0 Å². The first kappa shape index (κ1) is 17.6. The third-order valence-corrected chi connectivity index (χ3v) is 5.13. The van der Waals surface area contributed by atoms with Gasteiger partial charge in [-0.15, -0.1) is 0 Å². The van der Waals surface area contributed by atoms with Crippen molar-refractivity contribution in [3.8, 4) is 0 Å². The molecular weight excluding hydrogens is 388 g/mol. The molecular formula is C22H10N2O6. The minimum atomic E-state index is -0.858. The Morgan fingerprint density at radius 2 is 0.967 bits per heavy atom. The summed E-state index contributed by atoms with van der Waals surface area (Å²) in [5.41, 5.74) is -1.28. The lowest BCUT2D eigenvalue weighted by atomic mass is 9.77. The summed E-state index contributed by atoms with van der Waals surface area (Å²) in [6.45, 7) is 0. The molecule has 0 unspecified atom stereocenters. The van der Waals surface area contributed by atoms with E-state index in [9.17, 15) is 28.8 Å². The van der Waals surface area contributed by atoms with E-state index in [1.165, 1.54) is 12.1 Å². The minimum Gasteiger partial charge on any atom is -0.289 e. The molecule has 0 radical (unpaired) electrons. The Labute approximate surface area is 167 Å². The third kappa shape index (κ3) is 2.40. The monoisotopic (exact) mass is 398 g/mol. The van der Waals surface area contributed by atoms with E-state index in [-0.39, 0.29) is 33.4 Å². The number of benzene rings is 2. The number of hydrogen-bond acceptors (Lipinski definition) is 6. The zero-order valence-electron chi connectivity index (χ0n) is 15.1. The molecule has 0 aromatic heterocycles. The molecule has 2 aromatic rings. The van der Waals surface area contributed by atoms with E-state index in [0.717, 1.165) is 12.2 Å². The van der Waals surface area contributed by atoms with Crippen LogP contribution in [0.25, 0.3) is 10.8 Å². The predicted molar refractivity (Wildman–Crippen MR) is 102 cm³/mol. The van der Waals surface area contributed by atoms with Crippen molar-refractivity contribution in [1.29, 1.82) is 0 Å². The van der Waals surface area contributed by atoms with E-state index in [4.69, 9.17) is 0 Å².